The summed E-state index contributed by atoms with van der Waals surface area (Å²) in [6.45, 7) is 0. The van der Waals surface area contributed by atoms with Gasteiger partial charge in [0.2, 0.25) is 5.76 Å². The molecule has 0 unspecified atom stereocenters. The number of hydrogen-bond donors (Lipinski definition) is 1. The molecule has 0 radical (unpaired) electrons. The van der Waals surface area contributed by atoms with Crippen LogP contribution in [0.3, 0.4) is 0 Å². The lowest BCUT2D eigenvalue weighted by Gasteiger charge is -1.93. The highest BCUT2D eigenvalue weighted by molar-refractivity contribution is 6.38. The average Bonchev–Trinajstić information content (AvgIpc) is 2.44. The third-order valence-corrected chi connectivity index (χ3v) is 2.38. The predicted molar refractivity (Wildman–Crippen MR) is 58.6 cm³/mol. The smallest absolute Gasteiger partial charge is 0.200 e. The van der Waals surface area contributed by atoms with Crippen LogP contribution in [0.15, 0.2) is 16.5 Å². The third-order valence-electron chi connectivity index (χ3n) is 1.88. The van der Waals surface area contributed by atoms with Gasteiger partial charge in [-0.2, -0.15) is 0 Å². The van der Waals surface area contributed by atoms with E-state index >= 15 is 0 Å². The largest absolute Gasteiger partial charge is 0.444 e. The maximum absolute atomic E-state index is 5.90. The van der Waals surface area contributed by atoms with Crippen molar-refractivity contribution in [2.45, 2.75) is 0 Å². The van der Waals surface area contributed by atoms with Crippen LogP contribution in [0.25, 0.3) is 11.0 Å². The third kappa shape index (κ3) is 1.22. The zero-order valence-electron chi connectivity index (χ0n) is 6.97. The molecule has 0 atom stereocenters. The Morgan fingerprint density at radius 3 is 2.71 bits per heavy atom. The maximum atomic E-state index is 5.90. The van der Waals surface area contributed by atoms with Gasteiger partial charge in [-0.25, -0.2) is 0 Å². The summed E-state index contributed by atoms with van der Waals surface area (Å²) < 4.78 is 5.28. The molecule has 0 spiro atoms. The summed E-state index contributed by atoms with van der Waals surface area (Å²) in [5, 5.41) is 1.55. The number of nitrogen functional groups attached to an aromatic ring is 1. The van der Waals surface area contributed by atoms with Crippen molar-refractivity contribution in [2.24, 2.45) is 0 Å². The highest BCUT2D eigenvalue weighted by Gasteiger charge is 2.13. The molecule has 70 valence electrons. The van der Waals surface area contributed by atoms with Crippen LogP contribution >= 0.6 is 23.2 Å². The van der Waals surface area contributed by atoms with E-state index in [1.54, 1.807) is 12.1 Å². The van der Waals surface area contributed by atoms with E-state index in [1.807, 2.05) is 0 Å². The first-order chi connectivity index (χ1) is 6.63. The molecule has 2 rings (SSSR count). The van der Waals surface area contributed by atoms with Gasteiger partial charge < -0.3 is 10.2 Å². The van der Waals surface area contributed by atoms with Crippen molar-refractivity contribution in [2.75, 3.05) is 5.73 Å². The molecule has 14 heavy (non-hydrogen) atoms. The van der Waals surface area contributed by atoms with Crippen LogP contribution < -0.4 is 5.73 Å². The Morgan fingerprint density at radius 1 is 1.36 bits per heavy atom. The minimum absolute atomic E-state index is 0.282. The Hall–Kier alpha value is -1.30. The van der Waals surface area contributed by atoms with Gasteiger partial charge >= 0.3 is 0 Å². The van der Waals surface area contributed by atoms with Crippen LogP contribution in [-0.2, 0) is 0 Å². The molecule has 4 heteroatoms. The number of rotatable bonds is 0. The molecule has 2 N–H and O–H groups in total. The van der Waals surface area contributed by atoms with Gasteiger partial charge in [0, 0.05) is 10.4 Å². The molecule has 2 aromatic rings. The van der Waals surface area contributed by atoms with Crippen LogP contribution in [0.1, 0.15) is 5.76 Å². The monoisotopic (exact) mass is 225 g/mol. The van der Waals surface area contributed by atoms with E-state index in [1.165, 1.54) is 0 Å². The molecule has 2 nitrogen and oxygen atoms in total. The van der Waals surface area contributed by atoms with Crippen LogP contribution in [-0.4, -0.2) is 0 Å². The van der Waals surface area contributed by atoms with Gasteiger partial charge in [0.05, 0.1) is 10.7 Å². The number of anilines is 1. The van der Waals surface area contributed by atoms with Crippen molar-refractivity contribution in [3.63, 3.8) is 0 Å². The number of furan rings is 1. The molecule has 0 saturated heterocycles. The molecule has 0 bridgehead atoms. The molecule has 0 saturated carbocycles. The lowest BCUT2D eigenvalue weighted by Crippen LogP contribution is -1.84. The van der Waals surface area contributed by atoms with E-state index in [-0.39, 0.29) is 5.76 Å². The molecule has 0 aliphatic rings. The Balaban J connectivity index is 2.94. The molecular weight excluding hydrogens is 221 g/mol. The standard InChI is InChI=1S/C10H5Cl2NO/c1-2-8-9(13)6-3-5(11)4-7(12)10(6)14-8/h1,3-4H,13H2. The number of halogens is 2. The molecular formula is C10H5Cl2NO. The van der Waals surface area contributed by atoms with Crippen molar-refractivity contribution in [1.82, 2.24) is 0 Å². The van der Waals surface area contributed by atoms with Crippen molar-refractivity contribution in [3.8, 4) is 12.3 Å². The van der Waals surface area contributed by atoms with Crippen molar-refractivity contribution in [1.29, 1.82) is 0 Å². The van der Waals surface area contributed by atoms with Crippen molar-refractivity contribution < 1.29 is 4.42 Å². The summed E-state index contributed by atoms with van der Waals surface area (Å²) in [6, 6.07) is 3.25. The highest BCUT2D eigenvalue weighted by Crippen LogP contribution is 2.35. The minimum Gasteiger partial charge on any atom is -0.444 e. The second kappa shape index (κ2) is 3.13. The quantitative estimate of drug-likeness (QED) is 0.700. The van der Waals surface area contributed by atoms with E-state index in [9.17, 15) is 0 Å². The summed E-state index contributed by atoms with van der Waals surface area (Å²) in [5.74, 6) is 2.62. The number of benzene rings is 1. The van der Waals surface area contributed by atoms with Gasteiger partial charge in [-0.05, 0) is 18.1 Å². The van der Waals surface area contributed by atoms with Crippen molar-refractivity contribution in [3.05, 3.63) is 27.9 Å². The first-order valence-corrected chi connectivity index (χ1v) is 4.52. The zero-order valence-corrected chi connectivity index (χ0v) is 8.49. The number of fused-ring (bicyclic) bond motifs is 1. The summed E-state index contributed by atoms with van der Waals surface area (Å²) in [4.78, 5) is 0. The van der Waals surface area contributed by atoms with Crippen molar-refractivity contribution >= 4 is 39.9 Å². The van der Waals surface area contributed by atoms with Gasteiger partial charge in [0.1, 0.15) is 0 Å². The lowest BCUT2D eigenvalue weighted by atomic mass is 10.2. The van der Waals surface area contributed by atoms with Crippen LogP contribution in [0.4, 0.5) is 5.69 Å². The van der Waals surface area contributed by atoms with Gasteiger partial charge in [0.25, 0.3) is 0 Å². The maximum Gasteiger partial charge on any atom is 0.200 e. The number of hydrogen-bond acceptors (Lipinski definition) is 2. The van der Waals surface area contributed by atoms with Crippen LogP contribution in [0.2, 0.25) is 10.0 Å². The summed E-state index contributed by atoms with van der Waals surface area (Å²) >= 11 is 11.7. The fourth-order valence-electron chi connectivity index (χ4n) is 1.25. The summed E-state index contributed by atoms with van der Waals surface area (Å²) in [6.07, 6.45) is 5.20. The molecule has 0 fully saturated rings. The van der Waals surface area contributed by atoms with Crippen LogP contribution in [0.5, 0.6) is 0 Å². The molecule has 1 aromatic carbocycles. The number of nitrogens with two attached hydrogens (primary N) is 1. The fourth-order valence-corrected chi connectivity index (χ4v) is 1.78. The number of terminal acetylenes is 1. The van der Waals surface area contributed by atoms with E-state index in [2.05, 4.69) is 5.92 Å². The van der Waals surface area contributed by atoms with Gasteiger partial charge in [0.15, 0.2) is 5.58 Å². The van der Waals surface area contributed by atoms with Crippen LogP contribution in [0, 0.1) is 12.3 Å². The van der Waals surface area contributed by atoms with Gasteiger partial charge in [-0.3, -0.25) is 0 Å². The second-order valence-corrected chi connectivity index (χ2v) is 3.60. The fraction of sp³-hybridized carbons (Fsp3) is 0. The molecule has 0 aliphatic carbocycles. The normalized spacial score (nSPS) is 10.4. The Bertz CT molecular complexity index is 551. The Morgan fingerprint density at radius 2 is 2.07 bits per heavy atom. The molecule has 1 heterocycles. The first kappa shape index (κ1) is 9.26. The predicted octanol–water partition coefficient (Wildman–Crippen LogP) is 3.30. The lowest BCUT2D eigenvalue weighted by molar-refractivity contribution is 0.603. The van der Waals surface area contributed by atoms with Gasteiger partial charge in [-0.15, -0.1) is 6.42 Å². The zero-order chi connectivity index (χ0) is 10.3. The average molecular weight is 226 g/mol. The summed E-state index contributed by atoms with van der Waals surface area (Å²) in [7, 11) is 0. The summed E-state index contributed by atoms with van der Waals surface area (Å²) in [5.41, 5.74) is 6.60. The molecule has 0 amide bonds. The molecule has 0 aliphatic heterocycles. The molecule has 1 aromatic heterocycles. The van der Waals surface area contributed by atoms with E-state index in [0.29, 0.717) is 26.7 Å². The van der Waals surface area contributed by atoms with E-state index in [0.717, 1.165) is 0 Å². The van der Waals surface area contributed by atoms with E-state index in [4.69, 9.17) is 39.8 Å². The van der Waals surface area contributed by atoms with Gasteiger partial charge in [-0.1, -0.05) is 23.2 Å². The minimum atomic E-state index is 0.282. The Labute approximate surface area is 90.6 Å². The topological polar surface area (TPSA) is 39.2 Å². The Kier molecular flexibility index (Phi) is 2.07. The highest BCUT2D eigenvalue weighted by atomic mass is 35.5. The SMILES string of the molecule is C#Cc1oc2c(Cl)cc(Cl)cc2c1N. The van der Waals surface area contributed by atoms with E-state index < -0.39 is 0 Å². The first-order valence-electron chi connectivity index (χ1n) is 3.77. The second-order valence-electron chi connectivity index (χ2n) is 2.75.